The molecule has 3 rings (SSSR count). The minimum atomic E-state index is -0.389. The topological polar surface area (TPSA) is 97.3 Å². The molecule has 1 N–H and O–H groups in total. The van der Waals surface area contributed by atoms with Crippen LogP contribution < -0.4 is 5.32 Å². The number of nitro benzene ring substituents is 1. The molecule has 2 heterocycles. The normalized spacial score (nSPS) is 18.9. The molecular weight excluding hydrogens is 298 g/mol. The SMILES string of the molecule is CN1CCNCC1c1noc(CCc2cccc([N+](=O)[O-])c2)n1. The van der Waals surface area contributed by atoms with E-state index in [1.807, 2.05) is 13.1 Å². The van der Waals surface area contributed by atoms with E-state index in [0.717, 1.165) is 25.2 Å². The predicted molar refractivity (Wildman–Crippen MR) is 83.0 cm³/mol. The van der Waals surface area contributed by atoms with Gasteiger partial charge < -0.3 is 9.84 Å². The van der Waals surface area contributed by atoms with E-state index >= 15 is 0 Å². The molecule has 0 saturated carbocycles. The molecule has 8 nitrogen and oxygen atoms in total. The van der Waals surface area contributed by atoms with Gasteiger partial charge in [-0.25, -0.2) is 0 Å². The molecule has 0 bridgehead atoms. The Bertz CT molecular complexity index is 687. The van der Waals surface area contributed by atoms with Gasteiger partial charge in [0.25, 0.3) is 5.69 Å². The fourth-order valence-corrected chi connectivity index (χ4v) is 2.68. The number of benzene rings is 1. The highest BCUT2D eigenvalue weighted by atomic mass is 16.6. The first-order chi connectivity index (χ1) is 11.1. The predicted octanol–water partition coefficient (Wildman–Crippen LogP) is 1.34. The van der Waals surface area contributed by atoms with E-state index in [9.17, 15) is 10.1 Å². The summed E-state index contributed by atoms with van der Waals surface area (Å²) in [5, 5.41) is 18.2. The van der Waals surface area contributed by atoms with Crippen LogP contribution in [0.2, 0.25) is 0 Å². The fraction of sp³-hybridized carbons (Fsp3) is 0.467. The first-order valence-corrected chi connectivity index (χ1v) is 7.60. The molecule has 8 heteroatoms. The molecule has 1 aromatic carbocycles. The average Bonchev–Trinajstić information content (AvgIpc) is 3.02. The van der Waals surface area contributed by atoms with Gasteiger partial charge in [0.15, 0.2) is 5.82 Å². The molecule has 0 amide bonds. The Kier molecular flexibility index (Phi) is 4.63. The molecule has 0 radical (unpaired) electrons. The first kappa shape index (κ1) is 15.6. The van der Waals surface area contributed by atoms with Gasteiger partial charge in [0.05, 0.1) is 11.0 Å². The van der Waals surface area contributed by atoms with Gasteiger partial charge in [-0.15, -0.1) is 0 Å². The van der Waals surface area contributed by atoms with Crippen molar-refractivity contribution in [1.82, 2.24) is 20.4 Å². The van der Waals surface area contributed by atoms with Gasteiger partial charge in [-0.3, -0.25) is 15.0 Å². The summed E-state index contributed by atoms with van der Waals surface area (Å²) in [6.45, 7) is 2.72. The Morgan fingerprint density at radius 2 is 2.35 bits per heavy atom. The maximum atomic E-state index is 10.8. The number of aryl methyl sites for hydroxylation is 2. The van der Waals surface area contributed by atoms with Gasteiger partial charge in [0, 0.05) is 38.2 Å². The van der Waals surface area contributed by atoms with Gasteiger partial charge in [0.2, 0.25) is 5.89 Å². The number of piperazine rings is 1. The fourth-order valence-electron chi connectivity index (χ4n) is 2.68. The molecule has 2 aromatic rings. The van der Waals surface area contributed by atoms with Crippen LogP contribution in [0.4, 0.5) is 5.69 Å². The molecule has 1 aliphatic heterocycles. The Morgan fingerprint density at radius 3 is 3.13 bits per heavy atom. The van der Waals surface area contributed by atoms with E-state index < -0.39 is 0 Å². The molecule has 0 spiro atoms. The van der Waals surface area contributed by atoms with Crippen LogP contribution in [-0.2, 0) is 12.8 Å². The molecule has 1 atom stereocenters. The quantitative estimate of drug-likeness (QED) is 0.656. The van der Waals surface area contributed by atoms with E-state index in [1.165, 1.54) is 6.07 Å². The standard InChI is InChI=1S/C15H19N5O3/c1-19-8-7-16-10-13(19)15-17-14(23-18-15)6-5-11-3-2-4-12(9-11)20(21)22/h2-4,9,13,16H,5-8,10H2,1H3. The smallest absolute Gasteiger partial charge is 0.269 e. The number of aromatic nitrogens is 2. The lowest BCUT2D eigenvalue weighted by molar-refractivity contribution is -0.384. The summed E-state index contributed by atoms with van der Waals surface area (Å²) in [5.74, 6) is 1.25. The summed E-state index contributed by atoms with van der Waals surface area (Å²) in [5.41, 5.74) is 0.985. The van der Waals surface area contributed by atoms with Crippen molar-refractivity contribution in [3.8, 4) is 0 Å². The summed E-state index contributed by atoms with van der Waals surface area (Å²) in [4.78, 5) is 17.1. The Labute approximate surface area is 133 Å². The van der Waals surface area contributed by atoms with Crippen molar-refractivity contribution in [2.75, 3.05) is 26.7 Å². The van der Waals surface area contributed by atoms with E-state index in [2.05, 4.69) is 20.4 Å². The number of likely N-dealkylation sites (N-methyl/N-ethyl adjacent to an activating group) is 1. The molecule has 1 unspecified atom stereocenters. The third kappa shape index (κ3) is 3.72. The van der Waals surface area contributed by atoms with E-state index in [0.29, 0.717) is 24.6 Å². The van der Waals surface area contributed by atoms with Crippen molar-refractivity contribution < 1.29 is 9.45 Å². The Balaban J connectivity index is 1.63. The number of nitrogens with one attached hydrogen (secondary N) is 1. The van der Waals surface area contributed by atoms with E-state index in [-0.39, 0.29) is 16.7 Å². The molecule has 23 heavy (non-hydrogen) atoms. The molecule has 1 saturated heterocycles. The van der Waals surface area contributed by atoms with Crippen LogP contribution in [0, 0.1) is 10.1 Å². The summed E-state index contributed by atoms with van der Waals surface area (Å²) in [6.07, 6.45) is 1.19. The van der Waals surface area contributed by atoms with E-state index in [1.54, 1.807) is 12.1 Å². The maximum Gasteiger partial charge on any atom is 0.269 e. The monoisotopic (exact) mass is 317 g/mol. The minimum Gasteiger partial charge on any atom is -0.339 e. The molecule has 1 aromatic heterocycles. The lowest BCUT2D eigenvalue weighted by Crippen LogP contribution is -2.44. The zero-order chi connectivity index (χ0) is 16.2. The van der Waals surface area contributed by atoms with Crippen molar-refractivity contribution in [2.45, 2.75) is 18.9 Å². The summed E-state index contributed by atoms with van der Waals surface area (Å²) in [6, 6.07) is 6.74. The Hall–Kier alpha value is -2.32. The van der Waals surface area contributed by atoms with Gasteiger partial charge >= 0.3 is 0 Å². The number of rotatable bonds is 5. The van der Waals surface area contributed by atoms with Crippen LogP contribution in [-0.4, -0.2) is 46.6 Å². The second-order valence-electron chi connectivity index (χ2n) is 5.67. The maximum absolute atomic E-state index is 10.8. The molecular formula is C15H19N5O3. The van der Waals surface area contributed by atoms with Crippen LogP contribution >= 0.6 is 0 Å². The first-order valence-electron chi connectivity index (χ1n) is 7.60. The van der Waals surface area contributed by atoms with Gasteiger partial charge in [-0.1, -0.05) is 17.3 Å². The highest BCUT2D eigenvalue weighted by Gasteiger charge is 2.25. The van der Waals surface area contributed by atoms with Crippen LogP contribution in [0.3, 0.4) is 0 Å². The van der Waals surface area contributed by atoms with Crippen molar-refractivity contribution >= 4 is 5.69 Å². The molecule has 122 valence electrons. The Morgan fingerprint density at radius 1 is 1.48 bits per heavy atom. The van der Waals surface area contributed by atoms with Crippen molar-refractivity contribution in [1.29, 1.82) is 0 Å². The lowest BCUT2D eigenvalue weighted by atomic mass is 10.1. The summed E-state index contributed by atoms with van der Waals surface area (Å²) in [7, 11) is 2.05. The van der Waals surface area contributed by atoms with Crippen molar-refractivity contribution in [2.24, 2.45) is 0 Å². The molecule has 1 aliphatic rings. The van der Waals surface area contributed by atoms with E-state index in [4.69, 9.17) is 4.52 Å². The molecule has 0 aliphatic carbocycles. The number of nitro groups is 1. The van der Waals surface area contributed by atoms with Crippen LogP contribution in [0.5, 0.6) is 0 Å². The van der Waals surface area contributed by atoms with Crippen LogP contribution in [0.15, 0.2) is 28.8 Å². The van der Waals surface area contributed by atoms with Gasteiger partial charge in [-0.05, 0) is 19.0 Å². The second kappa shape index (κ2) is 6.84. The van der Waals surface area contributed by atoms with Crippen LogP contribution in [0.1, 0.15) is 23.3 Å². The highest BCUT2D eigenvalue weighted by Crippen LogP contribution is 2.19. The second-order valence-corrected chi connectivity index (χ2v) is 5.67. The number of hydrogen-bond acceptors (Lipinski definition) is 7. The number of hydrogen-bond donors (Lipinski definition) is 1. The van der Waals surface area contributed by atoms with Crippen molar-refractivity contribution in [3.05, 3.63) is 51.7 Å². The van der Waals surface area contributed by atoms with Gasteiger partial charge in [-0.2, -0.15) is 4.98 Å². The average molecular weight is 317 g/mol. The minimum absolute atomic E-state index is 0.101. The summed E-state index contributed by atoms with van der Waals surface area (Å²) < 4.78 is 5.32. The number of nitrogens with zero attached hydrogens (tertiary/aromatic N) is 4. The summed E-state index contributed by atoms with van der Waals surface area (Å²) >= 11 is 0. The zero-order valence-electron chi connectivity index (χ0n) is 12.9. The van der Waals surface area contributed by atoms with Gasteiger partial charge in [0.1, 0.15) is 0 Å². The molecule has 1 fully saturated rings. The zero-order valence-corrected chi connectivity index (χ0v) is 12.9. The third-order valence-corrected chi connectivity index (χ3v) is 4.04. The van der Waals surface area contributed by atoms with Crippen molar-refractivity contribution in [3.63, 3.8) is 0 Å². The third-order valence-electron chi connectivity index (χ3n) is 4.04. The largest absolute Gasteiger partial charge is 0.339 e. The number of non-ortho nitro benzene ring substituents is 1. The van der Waals surface area contributed by atoms with Crippen LogP contribution in [0.25, 0.3) is 0 Å². The lowest BCUT2D eigenvalue weighted by Gasteiger charge is -2.30. The highest BCUT2D eigenvalue weighted by molar-refractivity contribution is 5.34.